The second kappa shape index (κ2) is 5.89. The maximum atomic E-state index is 13.2. The molecule has 0 fully saturated rings. The lowest BCUT2D eigenvalue weighted by Gasteiger charge is -2.04. The smallest absolute Gasteiger partial charge is 0.342 e. The van der Waals surface area contributed by atoms with Crippen LogP contribution in [0.15, 0.2) is 40.8 Å². The highest BCUT2D eigenvalue weighted by atomic mass is 19.1. The molecule has 6 heteroatoms. The van der Waals surface area contributed by atoms with Gasteiger partial charge in [-0.05, 0) is 36.4 Å². The Hall–Kier alpha value is -2.86. The van der Waals surface area contributed by atoms with Crippen LogP contribution >= 0.6 is 0 Å². The summed E-state index contributed by atoms with van der Waals surface area (Å²) >= 11 is 0. The van der Waals surface area contributed by atoms with Crippen molar-refractivity contribution in [3.05, 3.63) is 53.3 Å². The van der Waals surface area contributed by atoms with Crippen molar-refractivity contribution in [2.45, 2.75) is 12.5 Å². The van der Waals surface area contributed by atoms with Crippen LogP contribution in [0.1, 0.15) is 15.9 Å². The summed E-state index contributed by atoms with van der Waals surface area (Å²) in [7, 11) is 1.30. The summed E-state index contributed by atoms with van der Waals surface area (Å²) in [5.41, 5.74) is 2.17. The topological polar surface area (TPSA) is 68.9 Å². The molecular weight excluding hydrogens is 327 g/mol. The van der Waals surface area contributed by atoms with Crippen LogP contribution < -0.4 is 4.74 Å². The average Bonchev–Trinajstić information content (AvgIpc) is 3.22. The van der Waals surface area contributed by atoms with Gasteiger partial charge in [0.1, 0.15) is 34.6 Å². The largest absolute Gasteiger partial charge is 0.487 e. The van der Waals surface area contributed by atoms with Crippen LogP contribution in [0.25, 0.3) is 22.3 Å². The monoisotopic (exact) mass is 342 g/mol. The number of benzene rings is 2. The number of rotatable bonds is 3. The summed E-state index contributed by atoms with van der Waals surface area (Å²) < 4.78 is 29.7. The first-order valence-electron chi connectivity index (χ1n) is 7.82. The maximum Gasteiger partial charge on any atom is 0.342 e. The number of carbonyl (C=O) groups excluding carboxylic acids is 1. The molecule has 1 N–H and O–H groups in total. The number of aliphatic hydroxyl groups is 1. The molecule has 5 nitrogen and oxygen atoms in total. The Kier molecular flexibility index (Phi) is 3.69. The van der Waals surface area contributed by atoms with Gasteiger partial charge in [0.25, 0.3) is 0 Å². The molecule has 0 radical (unpaired) electrons. The van der Waals surface area contributed by atoms with Crippen molar-refractivity contribution >= 4 is 16.9 Å². The van der Waals surface area contributed by atoms with Crippen molar-refractivity contribution in [1.29, 1.82) is 0 Å². The van der Waals surface area contributed by atoms with E-state index in [1.165, 1.54) is 19.2 Å². The molecule has 0 spiro atoms. The normalized spacial score (nSPS) is 15.9. The predicted octanol–water partition coefficient (Wildman–Crippen LogP) is 3.32. The Balaban J connectivity index is 1.99. The summed E-state index contributed by atoms with van der Waals surface area (Å²) in [4.78, 5) is 12.5. The number of hydrogen-bond acceptors (Lipinski definition) is 5. The minimum absolute atomic E-state index is 0.119. The minimum Gasteiger partial charge on any atom is -0.487 e. The molecule has 1 aliphatic heterocycles. The van der Waals surface area contributed by atoms with Gasteiger partial charge in [-0.3, -0.25) is 0 Å². The van der Waals surface area contributed by atoms with Gasteiger partial charge in [-0.15, -0.1) is 0 Å². The first-order valence-corrected chi connectivity index (χ1v) is 7.82. The van der Waals surface area contributed by atoms with Gasteiger partial charge in [-0.25, -0.2) is 9.18 Å². The van der Waals surface area contributed by atoms with Crippen LogP contribution in [0.4, 0.5) is 4.39 Å². The second-order valence-electron chi connectivity index (χ2n) is 5.85. The zero-order valence-electron chi connectivity index (χ0n) is 13.4. The number of fused-ring (bicyclic) bond motifs is 3. The number of hydrogen-bond donors (Lipinski definition) is 1. The van der Waals surface area contributed by atoms with Crippen molar-refractivity contribution in [1.82, 2.24) is 0 Å². The van der Waals surface area contributed by atoms with Crippen molar-refractivity contribution < 1.29 is 28.2 Å². The van der Waals surface area contributed by atoms with E-state index >= 15 is 0 Å². The molecule has 0 amide bonds. The highest BCUT2D eigenvalue weighted by Crippen LogP contribution is 2.42. The van der Waals surface area contributed by atoms with E-state index in [1.807, 2.05) is 0 Å². The lowest BCUT2D eigenvalue weighted by molar-refractivity contribution is 0.0603. The Morgan fingerprint density at radius 2 is 2.04 bits per heavy atom. The SMILES string of the molecule is COC(=O)c1c(-c2ccc(F)cc2)oc2ccc3c(c12)CC(CO)O3. The highest BCUT2D eigenvalue weighted by Gasteiger charge is 2.31. The molecule has 3 aromatic rings. The zero-order valence-corrected chi connectivity index (χ0v) is 13.4. The van der Waals surface area contributed by atoms with Crippen molar-refractivity contribution in [2.75, 3.05) is 13.7 Å². The number of esters is 1. The highest BCUT2D eigenvalue weighted by molar-refractivity contribution is 6.10. The minimum atomic E-state index is -0.543. The van der Waals surface area contributed by atoms with Gasteiger partial charge >= 0.3 is 5.97 Å². The van der Waals surface area contributed by atoms with Gasteiger partial charge in [0, 0.05) is 22.9 Å². The third kappa shape index (κ3) is 2.46. The van der Waals surface area contributed by atoms with E-state index in [4.69, 9.17) is 13.9 Å². The molecule has 0 saturated carbocycles. The molecule has 128 valence electrons. The number of furan rings is 1. The first kappa shape index (κ1) is 15.7. The Morgan fingerprint density at radius 1 is 1.28 bits per heavy atom. The summed E-state index contributed by atoms with van der Waals surface area (Å²) in [5, 5.41) is 9.98. The van der Waals surface area contributed by atoms with Gasteiger partial charge in [-0.2, -0.15) is 0 Å². The average molecular weight is 342 g/mol. The predicted molar refractivity (Wildman–Crippen MR) is 88.2 cm³/mol. The van der Waals surface area contributed by atoms with Crippen LogP contribution in [0, 0.1) is 5.82 Å². The second-order valence-corrected chi connectivity index (χ2v) is 5.85. The Morgan fingerprint density at radius 3 is 2.72 bits per heavy atom. The van der Waals surface area contributed by atoms with E-state index in [2.05, 4.69) is 0 Å². The molecular formula is C19H15FO5. The molecule has 0 aliphatic carbocycles. The summed E-state index contributed by atoms with van der Waals surface area (Å²) in [5.74, 6) is 0.0179. The molecule has 0 saturated heterocycles. The van der Waals surface area contributed by atoms with Gasteiger partial charge < -0.3 is 19.0 Å². The lowest BCUT2D eigenvalue weighted by Crippen LogP contribution is -2.17. The van der Waals surface area contributed by atoms with Crippen LogP contribution in [-0.4, -0.2) is 30.9 Å². The van der Waals surface area contributed by atoms with Crippen LogP contribution in [0.2, 0.25) is 0 Å². The molecule has 1 unspecified atom stereocenters. The van der Waals surface area contributed by atoms with Crippen molar-refractivity contribution in [3.8, 4) is 17.1 Å². The first-order chi connectivity index (χ1) is 12.1. The van der Waals surface area contributed by atoms with Crippen LogP contribution in [0.3, 0.4) is 0 Å². The quantitative estimate of drug-likeness (QED) is 0.740. The van der Waals surface area contributed by atoms with E-state index in [0.29, 0.717) is 34.5 Å². The molecule has 2 aromatic carbocycles. The summed E-state index contributed by atoms with van der Waals surface area (Å²) in [6, 6.07) is 9.18. The van der Waals surface area contributed by atoms with E-state index in [1.54, 1.807) is 24.3 Å². The Bertz CT molecular complexity index is 958. The van der Waals surface area contributed by atoms with Gasteiger partial charge in [0.2, 0.25) is 0 Å². The molecule has 25 heavy (non-hydrogen) atoms. The number of aliphatic hydroxyl groups excluding tert-OH is 1. The third-order valence-electron chi connectivity index (χ3n) is 4.35. The number of methoxy groups -OCH3 is 1. The standard InChI is InChI=1S/C19H15FO5/c1-23-19(22)17-16-13-8-12(9-21)24-14(13)6-7-15(16)25-18(17)10-2-4-11(20)5-3-10/h2-7,12,21H,8-9H2,1H3. The third-order valence-corrected chi connectivity index (χ3v) is 4.35. The summed E-state index contributed by atoms with van der Waals surface area (Å²) in [6.07, 6.45) is 0.116. The number of halogens is 1. The molecule has 2 heterocycles. The van der Waals surface area contributed by atoms with Gasteiger partial charge in [-0.1, -0.05) is 0 Å². The van der Waals surface area contributed by atoms with Crippen molar-refractivity contribution in [2.24, 2.45) is 0 Å². The maximum absolute atomic E-state index is 13.2. The van der Waals surface area contributed by atoms with E-state index in [9.17, 15) is 14.3 Å². The molecule has 1 aromatic heterocycles. The van der Waals surface area contributed by atoms with Crippen LogP contribution in [0.5, 0.6) is 5.75 Å². The summed E-state index contributed by atoms with van der Waals surface area (Å²) in [6.45, 7) is -0.119. The molecule has 0 bridgehead atoms. The fourth-order valence-corrected chi connectivity index (χ4v) is 3.21. The van der Waals surface area contributed by atoms with Gasteiger partial charge in [0.05, 0.1) is 13.7 Å². The van der Waals surface area contributed by atoms with E-state index in [0.717, 1.165) is 5.56 Å². The van der Waals surface area contributed by atoms with Crippen molar-refractivity contribution in [3.63, 3.8) is 0 Å². The molecule has 1 aliphatic rings. The van der Waals surface area contributed by atoms with Crippen LogP contribution in [-0.2, 0) is 11.2 Å². The zero-order chi connectivity index (χ0) is 17.6. The fraction of sp³-hybridized carbons (Fsp3) is 0.211. The number of ether oxygens (including phenoxy) is 2. The molecule has 1 atom stereocenters. The fourth-order valence-electron chi connectivity index (χ4n) is 3.21. The van der Waals surface area contributed by atoms with Gasteiger partial charge in [0.15, 0.2) is 0 Å². The molecule has 4 rings (SSSR count). The van der Waals surface area contributed by atoms with E-state index in [-0.39, 0.29) is 24.1 Å². The Labute approximate surface area is 142 Å². The van der Waals surface area contributed by atoms with E-state index < -0.39 is 5.97 Å². The lowest BCUT2D eigenvalue weighted by atomic mass is 9.99. The number of carbonyl (C=O) groups is 1.